The van der Waals surface area contributed by atoms with Crippen LogP contribution in [0.2, 0.25) is 0 Å². The lowest BCUT2D eigenvalue weighted by Gasteiger charge is -2.25. The highest BCUT2D eigenvalue weighted by Crippen LogP contribution is 2.22. The molecule has 21 heavy (non-hydrogen) atoms. The van der Waals surface area contributed by atoms with E-state index in [1.165, 1.54) is 0 Å². The SMILES string of the molecule is COc1ccccc1CC(=O)N(C)C(C)c1ccccc1. The van der Waals surface area contributed by atoms with E-state index in [0.717, 1.165) is 16.9 Å². The summed E-state index contributed by atoms with van der Waals surface area (Å²) >= 11 is 0. The first-order valence-corrected chi connectivity index (χ1v) is 7.06. The van der Waals surface area contributed by atoms with Crippen molar-refractivity contribution in [1.82, 2.24) is 4.90 Å². The third kappa shape index (κ3) is 3.63. The Bertz CT molecular complexity index is 595. The molecule has 3 nitrogen and oxygen atoms in total. The van der Waals surface area contributed by atoms with E-state index >= 15 is 0 Å². The van der Waals surface area contributed by atoms with Gasteiger partial charge in [0.25, 0.3) is 0 Å². The number of nitrogens with zero attached hydrogens (tertiary/aromatic N) is 1. The number of para-hydroxylation sites is 1. The third-order valence-corrected chi connectivity index (χ3v) is 3.79. The molecule has 0 N–H and O–H groups in total. The van der Waals surface area contributed by atoms with Crippen molar-refractivity contribution in [2.45, 2.75) is 19.4 Å². The first kappa shape index (κ1) is 15.1. The van der Waals surface area contributed by atoms with Gasteiger partial charge in [-0.15, -0.1) is 0 Å². The Morgan fingerprint density at radius 2 is 1.71 bits per heavy atom. The number of carbonyl (C=O) groups excluding carboxylic acids is 1. The van der Waals surface area contributed by atoms with Gasteiger partial charge in [0, 0.05) is 12.6 Å². The molecule has 0 saturated heterocycles. The van der Waals surface area contributed by atoms with E-state index in [4.69, 9.17) is 4.74 Å². The molecule has 0 aliphatic heterocycles. The van der Waals surface area contributed by atoms with Crippen LogP contribution in [0.25, 0.3) is 0 Å². The maximum absolute atomic E-state index is 12.5. The molecule has 0 aromatic heterocycles. The van der Waals surface area contributed by atoms with Gasteiger partial charge >= 0.3 is 0 Å². The van der Waals surface area contributed by atoms with E-state index in [1.807, 2.05) is 68.6 Å². The smallest absolute Gasteiger partial charge is 0.227 e. The van der Waals surface area contributed by atoms with Crippen LogP contribution in [0.1, 0.15) is 24.1 Å². The number of hydrogen-bond donors (Lipinski definition) is 0. The molecule has 1 atom stereocenters. The second kappa shape index (κ2) is 6.93. The maximum atomic E-state index is 12.5. The van der Waals surface area contributed by atoms with Crippen molar-refractivity contribution in [2.24, 2.45) is 0 Å². The summed E-state index contributed by atoms with van der Waals surface area (Å²) in [6, 6.07) is 17.7. The Morgan fingerprint density at radius 3 is 2.38 bits per heavy atom. The van der Waals surface area contributed by atoms with Crippen molar-refractivity contribution in [1.29, 1.82) is 0 Å². The molecule has 110 valence electrons. The van der Waals surface area contributed by atoms with Crippen LogP contribution in [0.3, 0.4) is 0 Å². The van der Waals surface area contributed by atoms with Crippen LogP contribution in [0.4, 0.5) is 0 Å². The van der Waals surface area contributed by atoms with Crippen LogP contribution in [-0.2, 0) is 11.2 Å². The van der Waals surface area contributed by atoms with Crippen LogP contribution in [0, 0.1) is 0 Å². The highest BCUT2D eigenvalue weighted by atomic mass is 16.5. The molecule has 2 aromatic carbocycles. The monoisotopic (exact) mass is 283 g/mol. The van der Waals surface area contributed by atoms with Gasteiger partial charge < -0.3 is 9.64 Å². The molecule has 1 unspecified atom stereocenters. The lowest BCUT2D eigenvalue weighted by Crippen LogP contribution is -2.31. The van der Waals surface area contributed by atoms with Gasteiger partial charge in [-0.25, -0.2) is 0 Å². The molecule has 1 amide bonds. The summed E-state index contributed by atoms with van der Waals surface area (Å²) in [7, 11) is 3.47. The molecule has 0 aliphatic rings. The Kier molecular flexibility index (Phi) is 4.99. The molecule has 0 fully saturated rings. The van der Waals surface area contributed by atoms with Gasteiger partial charge in [-0.2, -0.15) is 0 Å². The summed E-state index contributed by atoms with van der Waals surface area (Å²) in [6.45, 7) is 2.04. The minimum atomic E-state index is 0.0495. The summed E-state index contributed by atoms with van der Waals surface area (Å²) in [5, 5.41) is 0. The number of likely N-dealkylation sites (N-methyl/N-ethyl adjacent to an activating group) is 1. The zero-order valence-electron chi connectivity index (χ0n) is 12.7. The fraction of sp³-hybridized carbons (Fsp3) is 0.278. The number of ether oxygens (including phenoxy) is 1. The molecule has 0 bridgehead atoms. The van der Waals surface area contributed by atoms with E-state index < -0.39 is 0 Å². The van der Waals surface area contributed by atoms with Crippen molar-refractivity contribution in [2.75, 3.05) is 14.2 Å². The quantitative estimate of drug-likeness (QED) is 0.841. The first-order valence-electron chi connectivity index (χ1n) is 7.06. The van der Waals surface area contributed by atoms with E-state index in [2.05, 4.69) is 0 Å². The number of amides is 1. The molecule has 2 aromatic rings. The van der Waals surface area contributed by atoms with Crippen molar-refractivity contribution >= 4 is 5.91 Å². The zero-order valence-corrected chi connectivity index (χ0v) is 12.7. The number of carbonyl (C=O) groups is 1. The number of hydrogen-bond acceptors (Lipinski definition) is 2. The zero-order chi connectivity index (χ0) is 15.2. The third-order valence-electron chi connectivity index (χ3n) is 3.79. The minimum absolute atomic E-state index is 0.0495. The Hall–Kier alpha value is -2.29. The maximum Gasteiger partial charge on any atom is 0.227 e. The highest BCUT2D eigenvalue weighted by Gasteiger charge is 2.18. The van der Waals surface area contributed by atoms with Crippen molar-refractivity contribution in [3.63, 3.8) is 0 Å². The second-order valence-electron chi connectivity index (χ2n) is 5.08. The Morgan fingerprint density at radius 1 is 1.10 bits per heavy atom. The van der Waals surface area contributed by atoms with Gasteiger partial charge in [0.1, 0.15) is 5.75 Å². The molecule has 0 aliphatic carbocycles. The molecule has 0 radical (unpaired) electrons. The van der Waals surface area contributed by atoms with Crippen molar-refractivity contribution in [3.8, 4) is 5.75 Å². The van der Waals surface area contributed by atoms with Crippen molar-refractivity contribution < 1.29 is 9.53 Å². The number of benzene rings is 2. The summed E-state index contributed by atoms with van der Waals surface area (Å²) in [5.41, 5.74) is 2.05. The summed E-state index contributed by atoms with van der Waals surface area (Å²) in [5.74, 6) is 0.836. The van der Waals surface area contributed by atoms with E-state index in [-0.39, 0.29) is 11.9 Å². The molecular formula is C18H21NO2. The van der Waals surface area contributed by atoms with Crippen LogP contribution in [0.5, 0.6) is 5.75 Å². The number of rotatable bonds is 5. The molecule has 0 spiro atoms. The van der Waals surface area contributed by atoms with Gasteiger partial charge in [-0.1, -0.05) is 48.5 Å². The van der Waals surface area contributed by atoms with Crippen molar-refractivity contribution in [3.05, 3.63) is 65.7 Å². The number of methoxy groups -OCH3 is 1. The lowest BCUT2D eigenvalue weighted by molar-refractivity contribution is -0.131. The topological polar surface area (TPSA) is 29.5 Å². The molecular weight excluding hydrogens is 262 g/mol. The van der Waals surface area contributed by atoms with E-state index in [9.17, 15) is 4.79 Å². The summed E-state index contributed by atoms with van der Waals surface area (Å²) < 4.78 is 5.30. The molecule has 0 saturated carbocycles. The van der Waals surface area contributed by atoms with Crippen LogP contribution < -0.4 is 4.74 Å². The predicted molar refractivity (Wildman–Crippen MR) is 84.3 cm³/mol. The average Bonchev–Trinajstić information content (AvgIpc) is 2.54. The Labute approximate surface area is 126 Å². The van der Waals surface area contributed by atoms with Gasteiger partial charge in [-0.05, 0) is 18.6 Å². The predicted octanol–water partition coefficient (Wildman–Crippen LogP) is 3.46. The Balaban J connectivity index is 2.09. The van der Waals surface area contributed by atoms with Crippen LogP contribution >= 0.6 is 0 Å². The first-order chi connectivity index (χ1) is 10.1. The van der Waals surface area contributed by atoms with Crippen LogP contribution in [0.15, 0.2) is 54.6 Å². The normalized spacial score (nSPS) is 11.8. The highest BCUT2D eigenvalue weighted by molar-refractivity contribution is 5.79. The van der Waals surface area contributed by atoms with Gasteiger partial charge in [0.15, 0.2) is 0 Å². The lowest BCUT2D eigenvalue weighted by atomic mass is 10.1. The fourth-order valence-corrected chi connectivity index (χ4v) is 2.31. The van der Waals surface area contributed by atoms with Gasteiger partial charge in [0.05, 0.1) is 19.6 Å². The van der Waals surface area contributed by atoms with E-state index in [0.29, 0.717) is 6.42 Å². The summed E-state index contributed by atoms with van der Waals surface area (Å²) in [6.07, 6.45) is 0.345. The van der Waals surface area contributed by atoms with Gasteiger partial charge in [0.2, 0.25) is 5.91 Å². The molecule has 0 heterocycles. The van der Waals surface area contributed by atoms with Gasteiger partial charge in [-0.3, -0.25) is 4.79 Å². The summed E-state index contributed by atoms with van der Waals surface area (Å²) in [4.78, 5) is 14.2. The standard InChI is InChI=1S/C18H21NO2/c1-14(15-9-5-4-6-10-15)19(2)18(20)13-16-11-7-8-12-17(16)21-3/h4-12,14H,13H2,1-3H3. The fourth-order valence-electron chi connectivity index (χ4n) is 2.31. The van der Waals surface area contributed by atoms with Crippen LogP contribution in [-0.4, -0.2) is 25.0 Å². The second-order valence-corrected chi connectivity index (χ2v) is 5.08. The molecule has 2 rings (SSSR count). The largest absolute Gasteiger partial charge is 0.496 e. The minimum Gasteiger partial charge on any atom is -0.496 e. The average molecular weight is 283 g/mol. The van der Waals surface area contributed by atoms with E-state index in [1.54, 1.807) is 12.0 Å². The molecule has 3 heteroatoms.